The van der Waals surface area contributed by atoms with Crippen LogP contribution in [0.2, 0.25) is 0 Å². The molecule has 3 aliphatic rings. The quantitative estimate of drug-likeness (QED) is 0.573. The van der Waals surface area contributed by atoms with Crippen LogP contribution in [-0.2, 0) is 16.0 Å². The average molecular weight is 543 g/mol. The first-order chi connectivity index (χ1) is 17.1. The SMILES string of the molecule is C[C@@H]1CCc2ncnc(N3CCN(C(=O)[C@H](CCNC4CCOCC4)c4ccc(Br)cc4)CC3)c21. The molecule has 0 bridgehead atoms. The van der Waals surface area contributed by atoms with Crippen molar-refractivity contribution in [2.45, 2.75) is 56.9 Å². The number of nitrogens with one attached hydrogen (secondary N) is 1. The smallest absolute Gasteiger partial charge is 0.230 e. The number of ether oxygens (including phenoxy) is 1. The second kappa shape index (κ2) is 11.4. The molecule has 1 aliphatic carbocycles. The van der Waals surface area contributed by atoms with E-state index in [-0.39, 0.29) is 11.8 Å². The number of aromatic nitrogens is 2. The van der Waals surface area contributed by atoms with Gasteiger partial charge in [0.15, 0.2) is 0 Å². The zero-order chi connectivity index (χ0) is 24.2. The summed E-state index contributed by atoms with van der Waals surface area (Å²) in [7, 11) is 0. The summed E-state index contributed by atoms with van der Waals surface area (Å²) in [5.41, 5.74) is 3.62. The minimum atomic E-state index is -0.134. The van der Waals surface area contributed by atoms with Crippen LogP contribution >= 0.6 is 15.9 Å². The van der Waals surface area contributed by atoms with Crippen LogP contribution in [0.25, 0.3) is 0 Å². The van der Waals surface area contributed by atoms with Crippen LogP contribution in [-0.4, -0.2) is 72.8 Å². The molecule has 5 rings (SSSR count). The highest BCUT2D eigenvalue weighted by molar-refractivity contribution is 9.10. The molecule has 0 spiro atoms. The summed E-state index contributed by atoms with van der Waals surface area (Å²) in [6, 6.07) is 8.74. The summed E-state index contributed by atoms with van der Waals surface area (Å²) < 4.78 is 6.51. The van der Waals surface area contributed by atoms with Gasteiger partial charge in [-0.15, -0.1) is 0 Å². The number of halogens is 1. The second-order valence-corrected chi connectivity index (χ2v) is 11.0. The summed E-state index contributed by atoms with van der Waals surface area (Å²) in [6.07, 6.45) is 6.79. The monoisotopic (exact) mass is 541 g/mol. The molecular weight excluding hydrogens is 506 g/mol. The van der Waals surface area contributed by atoms with E-state index in [0.29, 0.717) is 12.0 Å². The molecule has 3 heterocycles. The Balaban J connectivity index is 1.24. The molecule has 2 fully saturated rings. The van der Waals surface area contributed by atoms with Crippen molar-refractivity contribution in [3.63, 3.8) is 0 Å². The van der Waals surface area contributed by atoms with E-state index in [2.05, 4.69) is 60.1 Å². The molecule has 188 valence electrons. The van der Waals surface area contributed by atoms with Crippen LogP contribution < -0.4 is 10.2 Å². The van der Waals surface area contributed by atoms with Gasteiger partial charge in [-0.3, -0.25) is 4.79 Å². The number of anilines is 1. The summed E-state index contributed by atoms with van der Waals surface area (Å²) in [4.78, 5) is 27.4. The summed E-state index contributed by atoms with van der Waals surface area (Å²) in [5.74, 6) is 1.69. The number of amides is 1. The maximum absolute atomic E-state index is 13.8. The van der Waals surface area contributed by atoms with Gasteiger partial charge in [0.05, 0.1) is 5.92 Å². The molecule has 0 saturated carbocycles. The molecule has 1 aromatic heterocycles. The fourth-order valence-corrected chi connectivity index (χ4v) is 5.96. The van der Waals surface area contributed by atoms with E-state index in [1.807, 2.05) is 12.1 Å². The van der Waals surface area contributed by atoms with Gasteiger partial charge in [-0.2, -0.15) is 0 Å². The molecule has 2 aromatic rings. The van der Waals surface area contributed by atoms with Crippen molar-refractivity contribution in [3.8, 4) is 0 Å². The Morgan fingerprint density at radius 1 is 1.11 bits per heavy atom. The third-order valence-electron chi connectivity index (χ3n) is 7.80. The maximum atomic E-state index is 13.8. The predicted molar refractivity (Wildman–Crippen MR) is 141 cm³/mol. The topological polar surface area (TPSA) is 70.6 Å². The Morgan fingerprint density at radius 2 is 1.86 bits per heavy atom. The molecule has 35 heavy (non-hydrogen) atoms. The van der Waals surface area contributed by atoms with E-state index in [1.54, 1.807) is 6.33 Å². The minimum absolute atomic E-state index is 0.134. The van der Waals surface area contributed by atoms with Gasteiger partial charge >= 0.3 is 0 Å². The van der Waals surface area contributed by atoms with Crippen LogP contribution in [0.3, 0.4) is 0 Å². The number of hydrogen-bond donors (Lipinski definition) is 1. The van der Waals surface area contributed by atoms with Gasteiger partial charge in [-0.25, -0.2) is 9.97 Å². The lowest BCUT2D eigenvalue weighted by Gasteiger charge is -2.38. The van der Waals surface area contributed by atoms with Gasteiger partial charge in [0.25, 0.3) is 0 Å². The number of carbonyl (C=O) groups excluding carboxylic acids is 1. The summed E-state index contributed by atoms with van der Waals surface area (Å²) in [5, 5.41) is 3.67. The van der Waals surface area contributed by atoms with E-state index in [1.165, 1.54) is 11.3 Å². The first kappa shape index (κ1) is 24.7. The molecule has 2 aliphatic heterocycles. The highest BCUT2D eigenvalue weighted by Gasteiger charge is 2.32. The van der Waals surface area contributed by atoms with Crippen molar-refractivity contribution in [1.82, 2.24) is 20.2 Å². The number of nitrogens with zero attached hydrogens (tertiary/aromatic N) is 4. The number of benzene rings is 1. The van der Waals surface area contributed by atoms with Crippen molar-refractivity contribution in [3.05, 3.63) is 51.9 Å². The Bertz CT molecular complexity index is 1000. The van der Waals surface area contributed by atoms with E-state index in [9.17, 15) is 4.79 Å². The Labute approximate surface area is 216 Å². The molecule has 2 atom stereocenters. The number of rotatable bonds is 7. The van der Waals surface area contributed by atoms with Crippen LogP contribution in [0.5, 0.6) is 0 Å². The number of fused-ring (bicyclic) bond motifs is 1. The summed E-state index contributed by atoms with van der Waals surface area (Å²) in [6.45, 7) is 7.85. The second-order valence-electron chi connectivity index (χ2n) is 10.0. The average Bonchev–Trinajstić information content (AvgIpc) is 3.29. The third-order valence-corrected chi connectivity index (χ3v) is 8.33. The molecule has 1 aromatic carbocycles. The van der Waals surface area contributed by atoms with Gasteiger partial charge < -0.3 is 19.9 Å². The van der Waals surface area contributed by atoms with Crippen molar-refractivity contribution in [1.29, 1.82) is 0 Å². The molecule has 7 nitrogen and oxygen atoms in total. The lowest BCUT2D eigenvalue weighted by Crippen LogP contribution is -2.50. The van der Waals surface area contributed by atoms with Crippen LogP contribution in [0, 0.1) is 0 Å². The number of aryl methyl sites for hydroxylation is 1. The zero-order valence-electron chi connectivity index (χ0n) is 20.6. The van der Waals surface area contributed by atoms with Crippen LogP contribution in [0.4, 0.5) is 5.82 Å². The van der Waals surface area contributed by atoms with Gasteiger partial charge in [-0.05, 0) is 62.3 Å². The molecule has 1 N–H and O–H groups in total. The Hall–Kier alpha value is -2.03. The maximum Gasteiger partial charge on any atom is 0.230 e. The molecule has 0 unspecified atom stereocenters. The molecule has 8 heteroatoms. The van der Waals surface area contributed by atoms with E-state index >= 15 is 0 Å². The lowest BCUT2D eigenvalue weighted by atomic mass is 9.93. The van der Waals surface area contributed by atoms with Crippen molar-refractivity contribution in [2.24, 2.45) is 0 Å². The Kier molecular flexibility index (Phi) is 8.00. The third kappa shape index (κ3) is 5.70. The van der Waals surface area contributed by atoms with Crippen molar-refractivity contribution < 1.29 is 9.53 Å². The van der Waals surface area contributed by atoms with E-state index < -0.39 is 0 Å². The van der Waals surface area contributed by atoms with E-state index in [4.69, 9.17) is 4.74 Å². The predicted octanol–water partition coefficient (Wildman–Crippen LogP) is 3.88. The normalized spacial score (nSPS) is 21.7. The lowest BCUT2D eigenvalue weighted by molar-refractivity contribution is -0.133. The number of hydrogen-bond acceptors (Lipinski definition) is 6. The first-order valence-corrected chi connectivity index (χ1v) is 13.8. The fraction of sp³-hybridized carbons (Fsp3) is 0.593. The minimum Gasteiger partial charge on any atom is -0.381 e. The molecular formula is C27H36BrN5O2. The fourth-order valence-electron chi connectivity index (χ4n) is 5.70. The first-order valence-electron chi connectivity index (χ1n) is 13.0. The van der Waals surface area contributed by atoms with E-state index in [0.717, 1.165) is 93.9 Å². The standard InChI is InChI=1S/C27H36BrN5O2/c1-19-2-7-24-25(19)26(31-18-30-24)32-12-14-33(15-13-32)27(34)23(20-3-5-21(28)6-4-20)8-11-29-22-9-16-35-17-10-22/h3-6,18-19,22-23,29H,2,7-17H2,1H3/t19-,23-/m1/s1. The van der Waals surface area contributed by atoms with Crippen LogP contribution in [0.1, 0.15) is 61.3 Å². The Morgan fingerprint density at radius 3 is 2.60 bits per heavy atom. The van der Waals surface area contributed by atoms with Gasteiger partial charge in [0.2, 0.25) is 5.91 Å². The highest BCUT2D eigenvalue weighted by atomic mass is 79.9. The molecule has 0 radical (unpaired) electrons. The van der Waals surface area contributed by atoms with Crippen molar-refractivity contribution in [2.75, 3.05) is 50.8 Å². The summed E-state index contributed by atoms with van der Waals surface area (Å²) >= 11 is 3.53. The van der Waals surface area contributed by atoms with Gasteiger partial charge in [0, 0.05) is 61.2 Å². The molecule has 1 amide bonds. The molecule has 2 saturated heterocycles. The van der Waals surface area contributed by atoms with Crippen molar-refractivity contribution >= 4 is 27.7 Å². The highest BCUT2D eigenvalue weighted by Crippen LogP contribution is 2.37. The van der Waals surface area contributed by atoms with Crippen LogP contribution in [0.15, 0.2) is 35.1 Å². The van der Waals surface area contributed by atoms with Gasteiger partial charge in [0.1, 0.15) is 12.1 Å². The number of carbonyl (C=O) groups is 1. The van der Waals surface area contributed by atoms with Gasteiger partial charge in [-0.1, -0.05) is 35.0 Å². The largest absolute Gasteiger partial charge is 0.381 e. The number of piperazine rings is 1. The zero-order valence-corrected chi connectivity index (χ0v) is 22.2.